The van der Waals surface area contributed by atoms with Crippen LogP contribution in [0.2, 0.25) is 5.02 Å². The second kappa shape index (κ2) is 8.45. The molecule has 1 aromatic heterocycles. The summed E-state index contributed by atoms with van der Waals surface area (Å²) in [6.07, 6.45) is -2.09. The predicted molar refractivity (Wildman–Crippen MR) is 112 cm³/mol. The Labute approximate surface area is 185 Å². The first-order chi connectivity index (χ1) is 15.1. The summed E-state index contributed by atoms with van der Waals surface area (Å²) in [5, 5.41) is 4.36. The molecule has 0 spiro atoms. The number of aromatic amines is 1. The average Bonchev–Trinajstić information content (AvgIpc) is 2.74. The normalized spacial score (nSPS) is 18.7. The molecule has 170 valence electrons. The Kier molecular flexibility index (Phi) is 5.85. The van der Waals surface area contributed by atoms with Gasteiger partial charge in [0.2, 0.25) is 17.8 Å². The van der Waals surface area contributed by atoms with Crippen LogP contribution in [0, 0.1) is 0 Å². The number of rotatable bonds is 3. The van der Waals surface area contributed by atoms with Gasteiger partial charge in [-0.2, -0.15) is 18.2 Å². The molecule has 0 radical (unpaired) electrons. The molecule has 1 saturated heterocycles. The molecule has 32 heavy (non-hydrogen) atoms. The van der Waals surface area contributed by atoms with Crippen molar-refractivity contribution in [1.29, 1.82) is 0 Å². The smallest absolute Gasteiger partial charge is 0.342 e. The van der Waals surface area contributed by atoms with Gasteiger partial charge < -0.3 is 15.5 Å². The Morgan fingerprint density at radius 3 is 2.59 bits per heavy atom. The number of fused-ring (bicyclic) bond motifs is 1. The standard InChI is InChI=1S/C20H19ClF3N5O3/c21-13-5-4-10(8-12(13)20(22,23)24)25-17(31)11-9-14(30)26-16-15(11)18(32)28-19(27-16)29-6-2-1-3-7-29/h4-5,8,11H,1-3,6-7,9H2,(H,25,31)(H2,26,27,28,30,32)/t11-/m0/s1. The Morgan fingerprint density at radius 2 is 1.91 bits per heavy atom. The number of piperidine rings is 1. The number of nitrogens with zero attached hydrogens (tertiary/aromatic N) is 2. The van der Waals surface area contributed by atoms with Gasteiger partial charge in [-0.3, -0.25) is 19.4 Å². The summed E-state index contributed by atoms with van der Waals surface area (Å²) >= 11 is 5.61. The lowest BCUT2D eigenvalue weighted by Crippen LogP contribution is -2.38. The highest BCUT2D eigenvalue weighted by Crippen LogP contribution is 2.37. The van der Waals surface area contributed by atoms with Gasteiger partial charge in [-0.1, -0.05) is 11.6 Å². The topological polar surface area (TPSA) is 107 Å². The summed E-state index contributed by atoms with van der Waals surface area (Å²) in [4.78, 5) is 46.8. The maximum absolute atomic E-state index is 13.1. The van der Waals surface area contributed by atoms with Crippen LogP contribution in [-0.4, -0.2) is 34.9 Å². The number of benzene rings is 1. The molecule has 1 atom stereocenters. The maximum atomic E-state index is 13.1. The molecule has 3 N–H and O–H groups in total. The van der Waals surface area contributed by atoms with E-state index in [0.29, 0.717) is 25.1 Å². The van der Waals surface area contributed by atoms with Crippen LogP contribution in [-0.2, 0) is 15.8 Å². The summed E-state index contributed by atoms with van der Waals surface area (Å²) < 4.78 is 39.3. The average molecular weight is 470 g/mol. The van der Waals surface area contributed by atoms with Crippen LogP contribution in [0.25, 0.3) is 0 Å². The highest BCUT2D eigenvalue weighted by Gasteiger charge is 2.36. The lowest BCUT2D eigenvalue weighted by atomic mass is 9.92. The SMILES string of the molecule is O=C1C[C@H](C(=O)Nc2ccc(Cl)c(C(F)(F)F)c2)c2c(nc(N3CCCCC3)[nH]c2=O)N1. The van der Waals surface area contributed by atoms with Crippen LogP contribution < -0.4 is 21.1 Å². The lowest BCUT2D eigenvalue weighted by Gasteiger charge is -2.29. The molecular formula is C20H19ClF3N5O3. The Bertz CT molecular complexity index is 1130. The van der Waals surface area contributed by atoms with Gasteiger partial charge in [-0.15, -0.1) is 0 Å². The van der Waals surface area contributed by atoms with E-state index < -0.39 is 40.1 Å². The summed E-state index contributed by atoms with van der Waals surface area (Å²) in [5.41, 5.74) is -1.88. The second-order valence-electron chi connectivity index (χ2n) is 7.69. The lowest BCUT2D eigenvalue weighted by molar-refractivity contribution is -0.137. The third-order valence-corrected chi connectivity index (χ3v) is 5.78. The minimum absolute atomic E-state index is 0.0159. The van der Waals surface area contributed by atoms with E-state index in [2.05, 4.69) is 20.6 Å². The fraction of sp³-hybridized carbons (Fsp3) is 0.400. The van der Waals surface area contributed by atoms with Crippen molar-refractivity contribution < 1.29 is 22.8 Å². The van der Waals surface area contributed by atoms with Crippen LogP contribution >= 0.6 is 11.6 Å². The largest absolute Gasteiger partial charge is 0.417 e. The summed E-state index contributed by atoms with van der Waals surface area (Å²) in [5.74, 6) is -2.24. The first-order valence-corrected chi connectivity index (χ1v) is 10.4. The van der Waals surface area contributed by atoms with Crippen molar-refractivity contribution in [3.05, 3.63) is 44.7 Å². The molecule has 12 heteroatoms. The number of anilines is 3. The van der Waals surface area contributed by atoms with Gasteiger partial charge in [0.1, 0.15) is 5.82 Å². The number of H-pyrrole nitrogens is 1. The summed E-state index contributed by atoms with van der Waals surface area (Å²) in [6.45, 7) is 1.41. The third-order valence-electron chi connectivity index (χ3n) is 5.45. The molecule has 0 aliphatic carbocycles. The second-order valence-corrected chi connectivity index (χ2v) is 8.09. The van der Waals surface area contributed by atoms with Gasteiger partial charge >= 0.3 is 6.18 Å². The van der Waals surface area contributed by atoms with Crippen molar-refractivity contribution in [2.45, 2.75) is 37.8 Å². The minimum Gasteiger partial charge on any atom is -0.342 e. The molecule has 3 heterocycles. The zero-order valence-corrected chi connectivity index (χ0v) is 17.4. The van der Waals surface area contributed by atoms with Gasteiger partial charge in [-0.05, 0) is 37.5 Å². The molecule has 4 rings (SSSR count). The van der Waals surface area contributed by atoms with E-state index in [4.69, 9.17) is 11.6 Å². The van der Waals surface area contributed by atoms with E-state index in [1.807, 2.05) is 4.90 Å². The molecular weight excluding hydrogens is 451 g/mol. The highest BCUT2D eigenvalue weighted by molar-refractivity contribution is 6.31. The molecule has 2 aliphatic heterocycles. The number of carbonyl (C=O) groups is 2. The number of halogens is 4. The van der Waals surface area contributed by atoms with E-state index >= 15 is 0 Å². The van der Waals surface area contributed by atoms with E-state index in [1.54, 1.807) is 0 Å². The quantitative estimate of drug-likeness (QED) is 0.638. The molecule has 0 bridgehead atoms. The summed E-state index contributed by atoms with van der Waals surface area (Å²) in [6, 6.07) is 2.92. The van der Waals surface area contributed by atoms with Gasteiger partial charge in [-0.25, -0.2) is 0 Å². The van der Waals surface area contributed by atoms with E-state index in [-0.39, 0.29) is 23.5 Å². The first-order valence-electron chi connectivity index (χ1n) is 10.00. The van der Waals surface area contributed by atoms with Crippen molar-refractivity contribution in [2.75, 3.05) is 28.6 Å². The monoisotopic (exact) mass is 469 g/mol. The van der Waals surface area contributed by atoms with E-state index in [0.717, 1.165) is 25.3 Å². The fourth-order valence-corrected chi connectivity index (χ4v) is 4.11. The zero-order chi connectivity index (χ0) is 23.0. The van der Waals surface area contributed by atoms with E-state index in [1.165, 1.54) is 6.07 Å². The number of hydrogen-bond acceptors (Lipinski definition) is 5. The molecule has 1 fully saturated rings. The molecule has 1 aromatic carbocycles. The minimum atomic E-state index is -4.71. The van der Waals surface area contributed by atoms with Crippen LogP contribution in [0.5, 0.6) is 0 Å². The van der Waals surface area contributed by atoms with Crippen LogP contribution in [0.15, 0.2) is 23.0 Å². The number of carbonyl (C=O) groups excluding carboxylic acids is 2. The molecule has 0 saturated carbocycles. The van der Waals surface area contributed by atoms with Gasteiger partial charge in [0, 0.05) is 25.2 Å². The van der Waals surface area contributed by atoms with Crippen molar-refractivity contribution >= 4 is 40.9 Å². The third kappa shape index (κ3) is 4.43. The molecule has 2 aromatic rings. The number of nitrogens with one attached hydrogen (secondary N) is 3. The number of aromatic nitrogens is 2. The van der Waals surface area contributed by atoms with Crippen LogP contribution in [0.1, 0.15) is 42.7 Å². The molecule has 0 unspecified atom stereocenters. The predicted octanol–water partition coefficient (Wildman–Crippen LogP) is 3.50. The summed E-state index contributed by atoms with van der Waals surface area (Å²) in [7, 11) is 0. The highest BCUT2D eigenvalue weighted by atomic mass is 35.5. The van der Waals surface area contributed by atoms with Crippen molar-refractivity contribution in [3.8, 4) is 0 Å². The van der Waals surface area contributed by atoms with E-state index in [9.17, 15) is 27.6 Å². The number of hydrogen-bond donors (Lipinski definition) is 3. The Morgan fingerprint density at radius 1 is 1.19 bits per heavy atom. The van der Waals surface area contributed by atoms with Crippen LogP contribution in [0.4, 0.5) is 30.6 Å². The number of amides is 2. The Balaban J connectivity index is 1.63. The molecule has 2 aliphatic rings. The van der Waals surface area contributed by atoms with Crippen molar-refractivity contribution in [2.24, 2.45) is 0 Å². The van der Waals surface area contributed by atoms with Gasteiger partial charge in [0.15, 0.2) is 0 Å². The first kappa shape index (κ1) is 22.1. The van der Waals surface area contributed by atoms with Crippen LogP contribution in [0.3, 0.4) is 0 Å². The number of alkyl halides is 3. The molecule has 2 amide bonds. The van der Waals surface area contributed by atoms with Crippen molar-refractivity contribution in [3.63, 3.8) is 0 Å². The fourth-order valence-electron chi connectivity index (χ4n) is 3.89. The maximum Gasteiger partial charge on any atom is 0.417 e. The molecule has 8 nitrogen and oxygen atoms in total. The van der Waals surface area contributed by atoms with Gasteiger partial charge in [0.05, 0.1) is 22.1 Å². The van der Waals surface area contributed by atoms with Gasteiger partial charge in [0.25, 0.3) is 5.56 Å². The zero-order valence-electron chi connectivity index (χ0n) is 16.7. The van der Waals surface area contributed by atoms with Crippen molar-refractivity contribution in [1.82, 2.24) is 9.97 Å². The Hall–Kier alpha value is -3.08.